The maximum atomic E-state index is 12.6. The predicted octanol–water partition coefficient (Wildman–Crippen LogP) is 1.70. The number of nitrogens with two attached hydrogens (primary N) is 1. The second kappa shape index (κ2) is 5.79. The number of nitrogens with zero attached hydrogens (tertiary/aromatic N) is 1. The summed E-state index contributed by atoms with van der Waals surface area (Å²) in [6.45, 7) is 1.73. The van der Waals surface area contributed by atoms with Gasteiger partial charge in [-0.25, -0.2) is 4.39 Å². The zero-order chi connectivity index (χ0) is 12.8. The molecule has 90 valence electrons. The molecule has 1 aromatic carbocycles. The highest BCUT2D eigenvalue weighted by Gasteiger charge is 2.05. The molecule has 0 aliphatic carbocycles. The summed E-state index contributed by atoms with van der Waals surface area (Å²) in [5, 5.41) is 2.54. The van der Waals surface area contributed by atoms with E-state index in [1.807, 2.05) is 0 Å². The molecule has 0 saturated heterocycles. The fourth-order valence-corrected chi connectivity index (χ4v) is 1.09. The number of anilines is 1. The Hall–Kier alpha value is -2.17. The summed E-state index contributed by atoms with van der Waals surface area (Å²) in [7, 11) is 1.61. The highest BCUT2D eigenvalue weighted by molar-refractivity contribution is 6.08. The molecule has 1 aromatic rings. The molecular formula is C12H14FN3O. The molecule has 4 nitrogen and oxygen atoms in total. The van der Waals surface area contributed by atoms with Crippen LogP contribution in [0.1, 0.15) is 6.92 Å². The van der Waals surface area contributed by atoms with Crippen molar-refractivity contribution >= 4 is 17.3 Å². The van der Waals surface area contributed by atoms with Crippen LogP contribution in [0.4, 0.5) is 10.1 Å². The summed E-state index contributed by atoms with van der Waals surface area (Å²) in [5.41, 5.74) is 6.75. The minimum Gasteiger partial charge on any atom is -0.394 e. The van der Waals surface area contributed by atoms with E-state index in [0.29, 0.717) is 11.4 Å². The van der Waals surface area contributed by atoms with Crippen molar-refractivity contribution in [2.24, 2.45) is 10.7 Å². The molecule has 0 bridgehead atoms. The molecule has 5 heteroatoms. The van der Waals surface area contributed by atoms with E-state index in [1.165, 1.54) is 30.3 Å². The van der Waals surface area contributed by atoms with Crippen LogP contribution in [-0.4, -0.2) is 18.7 Å². The topological polar surface area (TPSA) is 67.5 Å². The van der Waals surface area contributed by atoms with Gasteiger partial charge in [0.05, 0.1) is 5.70 Å². The Bertz CT molecular complexity index is 463. The molecule has 17 heavy (non-hydrogen) atoms. The van der Waals surface area contributed by atoms with Gasteiger partial charge in [-0.2, -0.15) is 0 Å². The number of nitrogens with one attached hydrogen (secondary N) is 1. The van der Waals surface area contributed by atoms with Crippen LogP contribution in [0.25, 0.3) is 0 Å². The van der Waals surface area contributed by atoms with E-state index >= 15 is 0 Å². The van der Waals surface area contributed by atoms with Gasteiger partial charge in [-0.15, -0.1) is 0 Å². The Morgan fingerprint density at radius 1 is 1.41 bits per heavy atom. The first-order valence-corrected chi connectivity index (χ1v) is 5.00. The largest absolute Gasteiger partial charge is 0.394 e. The molecule has 0 radical (unpaired) electrons. The Kier molecular flexibility index (Phi) is 4.39. The lowest BCUT2D eigenvalue weighted by molar-refractivity contribution is -0.112. The maximum absolute atomic E-state index is 12.6. The van der Waals surface area contributed by atoms with Gasteiger partial charge in [0, 0.05) is 18.4 Å². The Labute approximate surface area is 99.0 Å². The van der Waals surface area contributed by atoms with Crippen LogP contribution < -0.4 is 11.1 Å². The number of carbonyl (C=O) groups is 1. The predicted molar refractivity (Wildman–Crippen MR) is 66.3 cm³/mol. The van der Waals surface area contributed by atoms with Gasteiger partial charge in [-0.05, 0) is 37.3 Å². The molecule has 1 amide bonds. The molecule has 0 spiro atoms. The minimum absolute atomic E-state index is 0.0532. The number of rotatable bonds is 3. The third-order valence-electron chi connectivity index (χ3n) is 2.08. The van der Waals surface area contributed by atoms with Gasteiger partial charge in [-0.3, -0.25) is 9.79 Å². The Morgan fingerprint density at radius 3 is 2.53 bits per heavy atom. The third kappa shape index (κ3) is 4.06. The number of amides is 1. The van der Waals surface area contributed by atoms with E-state index in [2.05, 4.69) is 10.3 Å². The summed E-state index contributed by atoms with van der Waals surface area (Å²) < 4.78 is 12.6. The fraction of sp³-hybridized carbons (Fsp3) is 0.167. The highest BCUT2D eigenvalue weighted by atomic mass is 19.1. The fourth-order valence-electron chi connectivity index (χ4n) is 1.09. The quantitative estimate of drug-likeness (QED) is 0.618. The summed E-state index contributed by atoms with van der Waals surface area (Å²) >= 11 is 0. The van der Waals surface area contributed by atoms with Crippen molar-refractivity contribution in [2.45, 2.75) is 6.92 Å². The van der Waals surface area contributed by atoms with E-state index < -0.39 is 5.91 Å². The normalized spacial score (nSPS) is 12.4. The lowest BCUT2D eigenvalue weighted by atomic mass is 10.2. The lowest BCUT2D eigenvalue weighted by Crippen LogP contribution is -2.20. The molecule has 0 aliphatic rings. The molecular weight excluding hydrogens is 221 g/mol. The smallest absolute Gasteiger partial charge is 0.271 e. The van der Waals surface area contributed by atoms with Crippen molar-refractivity contribution in [2.75, 3.05) is 12.4 Å². The van der Waals surface area contributed by atoms with Gasteiger partial charge in [0.25, 0.3) is 5.91 Å². The van der Waals surface area contributed by atoms with Crippen LogP contribution in [0.2, 0.25) is 0 Å². The second-order valence-electron chi connectivity index (χ2n) is 3.43. The molecule has 0 unspecified atom stereocenters. The van der Waals surface area contributed by atoms with E-state index in [9.17, 15) is 9.18 Å². The van der Waals surface area contributed by atoms with Crippen LogP contribution >= 0.6 is 0 Å². The molecule has 3 N–H and O–H groups in total. The van der Waals surface area contributed by atoms with Crippen molar-refractivity contribution in [3.05, 3.63) is 41.9 Å². The zero-order valence-corrected chi connectivity index (χ0v) is 9.70. The SMILES string of the molecule is CN=C(C)/C=C(\N)C(=O)Nc1ccc(F)cc1. The van der Waals surface area contributed by atoms with Gasteiger partial charge in [0.2, 0.25) is 0 Å². The average Bonchev–Trinajstić information content (AvgIpc) is 2.31. The zero-order valence-electron chi connectivity index (χ0n) is 9.70. The molecule has 1 rings (SSSR count). The van der Waals surface area contributed by atoms with Crippen molar-refractivity contribution < 1.29 is 9.18 Å². The molecule has 0 atom stereocenters. The van der Waals surface area contributed by atoms with E-state index in [0.717, 1.165) is 0 Å². The van der Waals surface area contributed by atoms with Gasteiger partial charge in [-0.1, -0.05) is 0 Å². The van der Waals surface area contributed by atoms with E-state index in [1.54, 1.807) is 14.0 Å². The summed E-state index contributed by atoms with van der Waals surface area (Å²) in [5.74, 6) is -0.805. The molecule has 0 heterocycles. The average molecular weight is 235 g/mol. The number of hydrogen-bond acceptors (Lipinski definition) is 3. The Balaban J connectivity index is 2.73. The first-order chi connectivity index (χ1) is 8.02. The van der Waals surface area contributed by atoms with Crippen LogP contribution in [0.5, 0.6) is 0 Å². The number of carbonyl (C=O) groups excluding carboxylic acids is 1. The number of allylic oxidation sites excluding steroid dienone is 1. The third-order valence-corrected chi connectivity index (χ3v) is 2.08. The summed E-state index contributed by atoms with van der Waals surface area (Å²) in [6.07, 6.45) is 1.47. The van der Waals surface area contributed by atoms with Gasteiger partial charge in [0.1, 0.15) is 5.82 Å². The number of halogens is 1. The minimum atomic E-state index is -0.445. The number of aliphatic imine (C=N–C) groups is 1. The van der Waals surface area contributed by atoms with E-state index in [-0.39, 0.29) is 11.5 Å². The van der Waals surface area contributed by atoms with Crippen molar-refractivity contribution in [1.82, 2.24) is 0 Å². The van der Waals surface area contributed by atoms with Crippen LogP contribution in [0, 0.1) is 5.82 Å². The monoisotopic (exact) mass is 235 g/mol. The first-order valence-electron chi connectivity index (χ1n) is 5.00. The molecule has 0 aliphatic heterocycles. The lowest BCUT2D eigenvalue weighted by Gasteiger charge is -2.05. The van der Waals surface area contributed by atoms with Crippen LogP contribution in [0.3, 0.4) is 0 Å². The van der Waals surface area contributed by atoms with Gasteiger partial charge in [0.15, 0.2) is 0 Å². The maximum Gasteiger partial charge on any atom is 0.271 e. The van der Waals surface area contributed by atoms with Gasteiger partial charge < -0.3 is 11.1 Å². The Morgan fingerprint density at radius 2 is 2.00 bits per heavy atom. The van der Waals surface area contributed by atoms with Crippen molar-refractivity contribution in [3.8, 4) is 0 Å². The molecule has 0 fully saturated rings. The van der Waals surface area contributed by atoms with Crippen LogP contribution in [0.15, 0.2) is 41.0 Å². The van der Waals surface area contributed by atoms with E-state index in [4.69, 9.17) is 5.73 Å². The number of benzene rings is 1. The second-order valence-corrected chi connectivity index (χ2v) is 3.43. The van der Waals surface area contributed by atoms with Crippen molar-refractivity contribution in [3.63, 3.8) is 0 Å². The van der Waals surface area contributed by atoms with Gasteiger partial charge >= 0.3 is 0 Å². The van der Waals surface area contributed by atoms with Crippen LogP contribution in [-0.2, 0) is 4.79 Å². The standard InChI is InChI=1S/C12H14FN3O/c1-8(15-2)7-11(14)12(17)16-10-5-3-9(13)4-6-10/h3-7H,14H2,1-2H3,(H,16,17)/b11-7-,15-8?. The summed E-state index contributed by atoms with van der Waals surface area (Å²) in [6, 6.07) is 5.44. The first kappa shape index (κ1) is 12.9. The number of hydrogen-bond donors (Lipinski definition) is 2. The molecule has 0 saturated carbocycles. The molecule has 0 aromatic heterocycles. The highest BCUT2D eigenvalue weighted by Crippen LogP contribution is 2.08. The summed E-state index contributed by atoms with van der Waals surface area (Å²) in [4.78, 5) is 15.5. The van der Waals surface area contributed by atoms with Crippen molar-refractivity contribution in [1.29, 1.82) is 0 Å².